The van der Waals surface area contributed by atoms with E-state index >= 15 is 0 Å². The van der Waals surface area contributed by atoms with E-state index in [1.807, 2.05) is 25.1 Å². The minimum absolute atomic E-state index is 0.179. The molecule has 39 heavy (non-hydrogen) atoms. The smallest absolute Gasteiger partial charge is 0.409 e. The molecule has 0 aliphatic carbocycles. The van der Waals surface area contributed by atoms with Crippen LogP contribution in [0.3, 0.4) is 0 Å². The minimum atomic E-state index is -0.406. The number of nitrogens with one attached hydrogen (secondary N) is 1. The van der Waals surface area contributed by atoms with Gasteiger partial charge in [-0.1, -0.05) is 29.3 Å². The SMILES string of the molecule is Cc1cccc(CCCOCCOC(=O)N2CCN(C(=O)c3cccnc3Nc3cc(Cl)cc(Cl)c3)CC2)n1. The van der Waals surface area contributed by atoms with Crippen molar-refractivity contribution in [1.29, 1.82) is 0 Å². The van der Waals surface area contributed by atoms with E-state index in [-0.39, 0.29) is 12.5 Å². The maximum atomic E-state index is 13.3. The number of hydrogen-bond acceptors (Lipinski definition) is 7. The largest absolute Gasteiger partial charge is 0.447 e. The number of aryl methyl sites for hydroxylation is 2. The number of halogens is 2. The fourth-order valence-electron chi connectivity index (χ4n) is 4.18. The van der Waals surface area contributed by atoms with Crippen LogP contribution in [0.4, 0.5) is 16.3 Å². The number of pyridine rings is 2. The van der Waals surface area contributed by atoms with E-state index in [9.17, 15) is 9.59 Å². The quantitative estimate of drug-likeness (QED) is 0.326. The molecule has 0 atom stereocenters. The molecule has 0 radical (unpaired) electrons. The molecular formula is C28H31Cl2N5O4. The van der Waals surface area contributed by atoms with E-state index in [0.29, 0.717) is 66.5 Å². The van der Waals surface area contributed by atoms with Crippen LogP contribution in [0, 0.1) is 6.92 Å². The van der Waals surface area contributed by atoms with Gasteiger partial charge in [0.15, 0.2) is 0 Å². The van der Waals surface area contributed by atoms with Crippen molar-refractivity contribution >= 4 is 46.7 Å². The van der Waals surface area contributed by atoms with Crippen molar-refractivity contribution in [3.8, 4) is 0 Å². The van der Waals surface area contributed by atoms with Gasteiger partial charge in [-0.15, -0.1) is 0 Å². The van der Waals surface area contributed by atoms with Crippen molar-refractivity contribution in [2.45, 2.75) is 19.8 Å². The Morgan fingerprint density at radius 3 is 2.44 bits per heavy atom. The zero-order chi connectivity index (χ0) is 27.6. The van der Waals surface area contributed by atoms with Gasteiger partial charge in [0.1, 0.15) is 12.4 Å². The normalized spacial score (nSPS) is 13.3. The lowest BCUT2D eigenvalue weighted by atomic mass is 10.2. The Morgan fingerprint density at radius 1 is 0.949 bits per heavy atom. The molecule has 11 heteroatoms. The van der Waals surface area contributed by atoms with Crippen molar-refractivity contribution in [3.63, 3.8) is 0 Å². The van der Waals surface area contributed by atoms with Gasteiger partial charge in [-0.3, -0.25) is 9.78 Å². The lowest BCUT2D eigenvalue weighted by Gasteiger charge is -2.34. The Balaban J connectivity index is 1.18. The monoisotopic (exact) mass is 571 g/mol. The molecule has 1 saturated heterocycles. The van der Waals surface area contributed by atoms with Gasteiger partial charge in [-0.2, -0.15) is 0 Å². The Hall–Kier alpha value is -3.40. The molecule has 1 N–H and O–H groups in total. The standard InChI is InChI=1S/C28H31Cl2N5O4/c1-20-5-2-6-23(32-20)7-4-14-38-15-16-39-28(37)35-12-10-34(11-13-35)27(36)25-8-3-9-31-26(25)33-24-18-21(29)17-22(30)19-24/h2-3,5-6,8-9,17-19H,4,7,10-16H2,1H3,(H,31,33). The van der Waals surface area contributed by atoms with Gasteiger partial charge in [0.25, 0.3) is 5.91 Å². The zero-order valence-electron chi connectivity index (χ0n) is 21.7. The predicted molar refractivity (Wildman–Crippen MR) is 151 cm³/mol. The van der Waals surface area contributed by atoms with E-state index in [1.165, 1.54) is 0 Å². The van der Waals surface area contributed by atoms with Crippen LogP contribution in [-0.2, 0) is 15.9 Å². The Kier molecular flexibility index (Phi) is 10.4. The van der Waals surface area contributed by atoms with Crippen molar-refractivity contribution in [2.24, 2.45) is 0 Å². The summed E-state index contributed by atoms with van der Waals surface area (Å²) in [5.41, 5.74) is 3.09. The number of rotatable bonds is 10. The highest BCUT2D eigenvalue weighted by Crippen LogP contribution is 2.26. The third-order valence-corrected chi connectivity index (χ3v) is 6.55. The fraction of sp³-hybridized carbons (Fsp3) is 0.357. The fourth-order valence-corrected chi connectivity index (χ4v) is 4.70. The summed E-state index contributed by atoms with van der Waals surface area (Å²) in [5, 5.41) is 4.07. The molecule has 9 nitrogen and oxygen atoms in total. The highest BCUT2D eigenvalue weighted by molar-refractivity contribution is 6.35. The van der Waals surface area contributed by atoms with Gasteiger partial charge < -0.3 is 24.6 Å². The molecule has 4 rings (SSSR count). The summed E-state index contributed by atoms with van der Waals surface area (Å²) in [4.78, 5) is 37.8. The number of anilines is 2. The van der Waals surface area contributed by atoms with Crippen molar-refractivity contribution < 1.29 is 19.1 Å². The molecule has 2 aromatic heterocycles. The molecule has 0 bridgehead atoms. The number of hydrogen-bond donors (Lipinski definition) is 1. The number of carbonyl (C=O) groups is 2. The number of amides is 2. The third kappa shape index (κ3) is 8.54. The Morgan fingerprint density at radius 2 is 1.69 bits per heavy atom. The first-order valence-electron chi connectivity index (χ1n) is 12.8. The highest BCUT2D eigenvalue weighted by Gasteiger charge is 2.27. The van der Waals surface area contributed by atoms with Gasteiger partial charge in [0, 0.05) is 66.1 Å². The van der Waals surface area contributed by atoms with Gasteiger partial charge in [0.05, 0.1) is 12.2 Å². The molecule has 1 aliphatic rings. The first-order chi connectivity index (χ1) is 18.9. The van der Waals surface area contributed by atoms with Crippen molar-refractivity contribution in [2.75, 3.05) is 51.3 Å². The van der Waals surface area contributed by atoms with Crippen LogP contribution in [-0.4, -0.2) is 77.8 Å². The predicted octanol–water partition coefficient (Wildman–Crippen LogP) is 5.38. The summed E-state index contributed by atoms with van der Waals surface area (Å²) in [6.45, 7) is 4.58. The van der Waals surface area contributed by atoms with Crippen LogP contribution in [0.1, 0.15) is 28.2 Å². The second-order valence-corrected chi connectivity index (χ2v) is 9.94. The molecule has 0 saturated carbocycles. The Bertz CT molecular complexity index is 1260. The second-order valence-electron chi connectivity index (χ2n) is 9.06. The summed E-state index contributed by atoms with van der Waals surface area (Å²) in [7, 11) is 0. The zero-order valence-corrected chi connectivity index (χ0v) is 23.2. The summed E-state index contributed by atoms with van der Waals surface area (Å²) >= 11 is 12.2. The average molecular weight is 572 g/mol. The number of nitrogens with zero attached hydrogens (tertiary/aromatic N) is 4. The number of aromatic nitrogens is 2. The van der Waals surface area contributed by atoms with E-state index in [0.717, 1.165) is 24.2 Å². The van der Waals surface area contributed by atoms with E-state index in [4.69, 9.17) is 32.7 Å². The van der Waals surface area contributed by atoms with E-state index in [2.05, 4.69) is 15.3 Å². The Labute approximate surface area is 238 Å². The lowest BCUT2D eigenvalue weighted by Crippen LogP contribution is -2.51. The molecule has 0 unspecified atom stereocenters. The molecule has 1 aromatic carbocycles. The number of carbonyl (C=O) groups excluding carboxylic acids is 2. The van der Waals surface area contributed by atoms with E-state index in [1.54, 1.807) is 46.3 Å². The molecule has 1 fully saturated rings. The van der Waals surface area contributed by atoms with Gasteiger partial charge in [-0.05, 0) is 62.2 Å². The summed E-state index contributed by atoms with van der Waals surface area (Å²) in [6, 6.07) is 14.4. The van der Waals surface area contributed by atoms with Crippen molar-refractivity contribution in [3.05, 3.63) is 81.7 Å². The first-order valence-corrected chi connectivity index (χ1v) is 13.5. The lowest BCUT2D eigenvalue weighted by molar-refractivity contribution is 0.0402. The molecule has 2 amide bonds. The molecular weight excluding hydrogens is 541 g/mol. The number of ether oxygens (including phenoxy) is 2. The third-order valence-electron chi connectivity index (χ3n) is 6.11. The summed E-state index contributed by atoms with van der Waals surface area (Å²) in [5.74, 6) is 0.221. The minimum Gasteiger partial charge on any atom is -0.447 e. The van der Waals surface area contributed by atoms with Crippen LogP contribution in [0.5, 0.6) is 0 Å². The van der Waals surface area contributed by atoms with Crippen molar-refractivity contribution in [1.82, 2.24) is 19.8 Å². The maximum absolute atomic E-state index is 13.3. The molecule has 1 aliphatic heterocycles. The first kappa shape index (κ1) is 28.6. The average Bonchev–Trinajstić information content (AvgIpc) is 2.92. The van der Waals surface area contributed by atoms with Crippen LogP contribution in [0.25, 0.3) is 0 Å². The topological polar surface area (TPSA) is 96.9 Å². The number of benzene rings is 1. The number of piperazine rings is 1. The van der Waals surface area contributed by atoms with E-state index < -0.39 is 6.09 Å². The molecule has 206 valence electrons. The second kappa shape index (κ2) is 14.1. The molecule has 0 spiro atoms. The van der Waals surface area contributed by atoms with Crippen LogP contribution < -0.4 is 5.32 Å². The van der Waals surface area contributed by atoms with Crippen LogP contribution in [0.15, 0.2) is 54.7 Å². The molecule has 3 aromatic rings. The summed E-state index contributed by atoms with van der Waals surface area (Å²) < 4.78 is 10.9. The van der Waals surface area contributed by atoms with Gasteiger partial charge >= 0.3 is 6.09 Å². The van der Waals surface area contributed by atoms with Crippen LogP contribution in [0.2, 0.25) is 10.0 Å². The summed E-state index contributed by atoms with van der Waals surface area (Å²) in [6.07, 6.45) is 2.89. The van der Waals surface area contributed by atoms with Gasteiger partial charge in [0.2, 0.25) is 0 Å². The van der Waals surface area contributed by atoms with Crippen LogP contribution >= 0.6 is 23.2 Å². The maximum Gasteiger partial charge on any atom is 0.409 e. The van der Waals surface area contributed by atoms with Gasteiger partial charge in [-0.25, -0.2) is 9.78 Å². The molecule has 3 heterocycles. The highest BCUT2D eigenvalue weighted by atomic mass is 35.5.